The van der Waals surface area contributed by atoms with Gasteiger partial charge in [0, 0.05) is 0 Å². The molecule has 0 saturated carbocycles. The van der Waals surface area contributed by atoms with Crippen molar-refractivity contribution in [3.63, 3.8) is 0 Å². The Morgan fingerprint density at radius 2 is 1.35 bits per heavy atom. The third-order valence-electron chi connectivity index (χ3n) is 3.25. The summed E-state index contributed by atoms with van der Waals surface area (Å²) >= 11 is 0. The zero-order chi connectivity index (χ0) is 20.8. The Labute approximate surface area is 144 Å². The van der Waals surface area contributed by atoms with Gasteiger partial charge in [-0.15, -0.1) is 0 Å². The van der Waals surface area contributed by atoms with Crippen molar-refractivity contribution in [3.8, 4) is 0 Å². The van der Waals surface area contributed by atoms with Crippen LogP contribution in [0.2, 0.25) is 0 Å². The monoisotopic (exact) mass is 388 g/mol. The highest BCUT2D eigenvalue weighted by Gasteiger charge is 2.46. The Kier molecular flexibility index (Phi) is 9.71. The largest absolute Gasteiger partial charge is 0.479 e. The van der Waals surface area contributed by atoms with Crippen LogP contribution >= 0.6 is 0 Å². The molecule has 0 amide bonds. The smallest absolute Gasteiger partial charge is 0.335 e. The normalized spacial score (nSPS) is 33.0. The van der Waals surface area contributed by atoms with Gasteiger partial charge in [0.1, 0.15) is 36.6 Å². The number of carbonyl (C=O) groups is 3. The van der Waals surface area contributed by atoms with Gasteiger partial charge in [0.15, 0.2) is 24.8 Å². The van der Waals surface area contributed by atoms with Crippen LogP contribution in [-0.2, 0) is 19.1 Å². The Morgan fingerprint density at radius 1 is 0.846 bits per heavy atom. The average molecular weight is 388 g/mol. The molecule has 10 N–H and O–H groups in total. The molecular weight excluding hydrogens is 368 g/mol. The van der Waals surface area contributed by atoms with Crippen molar-refractivity contribution in [2.24, 2.45) is 0 Å². The number of ether oxygens (including phenoxy) is 1. The van der Waals surface area contributed by atoms with Crippen molar-refractivity contribution in [2.75, 3.05) is 0 Å². The third kappa shape index (κ3) is 6.20. The molecule has 1 saturated heterocycles. The van der Waals surface area contributed by atoms with E-state index in [1.165, 1.54) is 0 Å². The van der Waals surface area contributed by atoms with E-state index in [2.05, 4.69) is 4.74 Å². The maximum Gasteiger partial charge on any atom is 0.335 e. The highest BCUT2D eigenvalue weighted by atomic mass is 16.6. The molecule has 9 atom stereocenters. The number of hydrogen-bond donors (Lipinski definition) is 10. The van der Waals surface area contributed by atoms with Crippen molar-refractivity contribution >= 4 is 18.2 Å². The van der Waals surface area contributed by atoms with E-state index in [0.717, 1.165) is 0 Å². The maximum absolute atomic E-state index is 10.4. The minimum Gasteiger partial charge on any atom is -0.479 e. The molecule has 1 aliphatic rings. The summed E-state index contributed by atoms with van der Waals surface area (Å²) in [6.07, 6.45) is -17.1. The zero-order valence-electron chi connectivity index (χ0n) is 12.9. The van der Waals surface area contributed by atoms with Gasteiger partial charge in [0.2, 0.25) is 0 Å². The van der Waals surface area contributed by atoms with Crippen molar-refractivity contribution < 1.29 is 70.2 Å². The van der Waals surface area contributed by atoms with Gasteiger partial charge in [0.25, 0.3) is 0 Å². The lowest BCUT2D eigenvalue weighted by atomic mass is 9.99. The lowest BCUT2D eigenvalue weighted by molar-refractivity contribution is -0.279. The van der Waals surface area contributed by atoms with Gasteiger partial charge in [-0.05, 0) is 0 Å². The maximum atomic E-state index is 10.4. The van der Waals surface area contributed by atoms with Crippen LogP contribution in [-0.4, -0.2) is 124 Å². The first-order valence-electron chi connectivity index (χ1n) is 6.87. The first-order valence-corrected chi connectivity index (χ1v) is 6.87. The molecule has 152 valence electrons. The fraction of sp³-hybridized carbons (Fsp3) is 0.750. The quantitative estimate of drug-likeness (QED) is 0.190. The van der Waals surface area contributed by atoms with Crippen molar-refractivity contribution in [3.05, 3.63) is 0 Å². The molecule has 0 unspecified atom stereocenters. The molecule has 0 aromatic rings. The van der Waals surface area contributed by atoms with Gasteiger partial charge >= 0.3 is 11.9 Å². The summed E-state index contributed by atoms with van der Waals surface area (Å²) in [4.78, 5) is 30.3. The molecule has 0 bridgehead atoms. The average Bonchev–Trinajstić information content (AvgIpc) is 2.60. The van der Waals surface area contributed by atoms with Crippen LogP contribution < -0.4 is 0 Å². The van der Waals surface area contributed by atoms with E-state index in [0.29, 0.717) is 0 Å². The number of hydrogen-bond acceptors (Lipinski definition) is 12. The summed E-state index contributed by atoms with van der Waals surface area (Å²) < 4.78 is 4.34. The minimum atomic E-state index is -2.25. The summed E-state index contributed by atoms with van der Waals surface area (Å²) in [7, 11) is 0. The highest BCUT2D eigenvalue weighted by molar-refractivity contribution is 5.73. The van der Waals surface area contributed by atoms with E-state index in [1.54, 1.807) is 0 Å². The standard InChI is InChI=1S/2C6H10O7/c7-1-2(8)4(5(10)11)13-6(12)3(1)9;7-1-2(8)3(9)4(10)5(11)6(12)13/h1-4,6-9,12H,(H,10,11);1-5,8-11H,(H,12,13)/t1-,2-,3-,4-,6+;2-,3-,4+,5+/m01/s1. The van der Waals surface area contributed by atoms with Gasteiger partial charge in [-0.2, -0.15) is 0 Å². The Balaban J connectivity index is 0.000000481. The molecule has 26 heavy (non-hydrogen) atoms. The number of carbonyl (C=O) groups excluding carboxylic acids is 1. The Hall–Kier alpha value is -1.75. The number of aliphatic carboxylic acids is 2. The van der Waals surface area contributed by atoms with E-state index in [9.17, 15) is 14.4 Å². The first-order chi connectivity index (χ1) is 11.9. The van der Waals surface area contributed by atoms with Gasteiger partial charge in [-0.25, -0.2) is 9.59 Å². The van der Waals surface area contributed by atoms with Crippen LogP contribution in [0.4, 0.5) is 0 Å². The van der Waals surface area contributed by atoms with E-state index in [1.807, 2.05) is 0 Å². The topological polar surface area (TPSA) is 263 Å². The first kappa shape index (κ1) is 24.2. The lowest BCUT2D eigenvalue weighted by Gasteiger charge is -2.36. The van der Waals surface area contributed by atoms with E-state index < -0.39 is 67.1 Å². The number of carboxylic acid groups (broad SMARTS) is 2. The number of carboxylic acids is 2. The predicted octanol–water partition coefficient (Wildman–Crippen LogP) is -6.42. The molecule has 1 heterocycles. The molecule has 0 radical (unpaired) electrons. The minimum absolute atomic E-state index is 0.0809. The van der Waals surface area contributed by atoms with Gasteiger partial charge in [-0.3, -0.25) is 0 Å². The van der Waals surface area contributed by atoms with Crippen LogP contribution in [0.25, 0.3) is 0 Å². The number of rotatable bonds is 6. The summed E-state index contributed by atoms with van der Waals surface area (Å²) in [5.41, 5.74) is 0. The molecule has 1 fully saturated rings. The van der Waals surface area contributed by atoms with Crippen LogP contribution in [0.3, 0.4) is 0 Å². The number of aliphatic hydroxyl groups excluding tert-OH is 8. The summed E-state index contributed by atoms with van der Waals surface area (Å²) in [6, 6.07) is 0. The number of aldehydes is 1. The molecule has 14 heteroatoms. The number of aliphatic hydroxyl groups is 8. The molecule has 0 aromatic carbocycles. The van der Waals surface area contributed by atoms with Crippen molar-refractivity contribution in [1.29, 1.82) is 0 Å². The van der Waals surface area contributed by atoms with Crippen molar-refractivity contribution in [2.45, 2.75) is 55.1 Å². The van der Waals surface area contributed by atoms with Crippen molar-refractivity contribution in [1.82, 2.24) is 0 Å². The van der Waals surface area contributed by atoms with Gasteiger partial charge < -0.3 is 60.6 Å². The fourth-order valence-electron chi connectivity index (χ4n) is 1.68. The fourth-order valence-corrected chi connectivity index (χ4v) is 1.68. The highest BCUT2D eigenvalue weighted by Crippen LogP contribution is 2.19. The predicted molar refractivity (Wildman–Crippen MR) is 74.3 cm³/mol. The molecular formula is C12H20O14. The van der Waals surface area contributed by atoms with E-state index in [-0.39, 0.29) is 6.29 Å². The summed E-state index contributed by atoms with van der Waals surface area (Å²) in [5, 5.41) is 87.6. The second-order valence-electron chi connectivity index (χ2n) is 5.15. The molecule has 0 aliphatic carbocycles. The van der Waals surface area contributed by atoms with Crippen LogP contribution in [0.5, 0.6) is 0 Å². The molecule has 14 nitrogen and oxygen atoms in total. The summed E-state index contributed by atoms with van der Waals surface area (Å²) in [5.74, 6) is -3.28. The lowest BCUT2D eigenvalue weighted by Crippen LogP contribution is -2.59. The Morgan fingerprint density at radius 3 is 1.73 bits per heavy atom. The second-order valence-corrected chi connectivity index (χ2v) is 5.15. The molecule has 0 spiro atoms. The van der Waals surface area contributed by atoms with E-state index >= 15 is 0 Å². The zero-order valence-corrected chi connectivity index (χ0v) is 12.9. The molecule has 1 aliphatic heterocycles. The van der Waals surface area contributed by atoms with Crippen LogP contribution in [0.1, 0.15) is 0 Å². The Bertz CT molecular complexity index is 483. The summed E-state index contributed by atoms with van der Waals surface area (Å²) in [6.45, 7) is 0. The SMILES string of the molecule is O=C(O)[C@H]1O[C@@H](O)[C@@H](O)[C@@H](O)[C@@H]1O.O=C[C@@H](O)[C@@H](O)[C@H](O)[C@H](O)C(=O)O. The van der Waals surface area contributed by atoms with Crippen LogP contribution in [0, 0.1) is 0 Å². The molecule has 0 aromatic heterocycles. The molecule has 1 rings (SSSR count). The van der Waals surface area contributed by atoms with Gasteiger partial charge in [0.05, 0.1) is 0 Å². The van der Waals surface area contributed by atoms with E-state index in [4.69, 9.17) is 51.1 Å². The van der Waals surface area contributed by atoms with Gasteiger partial charge in [-0.1, -0.05) is 0 Å². The van der Waals surface area contributed by atoms with Crippen LogP contribution in [0.15, 0.2) is 0 Å². The third-order valence-corrected chi connectivity index (χ3v) is 3.25. The second kappa shape index (κ2) is 10.4.